The van der Waals surface area contributed by atoms with E-state index < -0.39 is 16.6 Å². The maximum absolute atomic E-state index is 14.6. The normalized spacial score (nSPS) is 19.3. The van der Waals surface area contributed by atoms with E-state index in [0.29, 0.717) is 43.5 Å². The van der Waals surface area contributed by atoms with Gasteiger partial charge in [0.2, 0.25) is 14.2 Å². The Morgan fingerprint density at radius 3 is 1.74 bits per heavy atom. The summed E-state index contributed by atoms with van der Waals surface area (Å²) in [4.78, 5) is 16.6. The van der Waals surface area contributed by atoms with Gasteiger partial charge in [0, 0.05) is 12.4 Å². The summed E-state index contributed by atoms with van der Waals surface area (Å²) in [6.07, 6.45) is 1.60. The maximum atomic E-state index is 14.6. The summed E-state index contributed by atoms with van der Waals surface area (Å²) in [6, 6.07) is 10.6. The van der Waals surface area contributed by atoms with Crippen LogP contribution in [0.2, 0.25) is 33.2 Å². The summed E-state index contributed by atoms with van der Waals surface area (Å²) >= 11 is 7.49. The van der Waals surface area contributed by atoms with Crippen molar-refractivity contribution in [3.8, 4) is 0 Å². The van der Waals surface area contributed by atoms with Crippen LogP contribution in [0, 0.1) is 17.8 Å². The number of rotatable bonds is 18. The quantitative estimate of drug-likeness (QED) is 0.112. The fraction of sp³-hybridized carbons (Fsp3) is 0.789. The highest BCUT2D eigenvalue weighted by molar-refractivity contribution is 8.23. The third kappa shape index (κ3) is 9.38. The number of carbonyl (C=O) groups is 1. The molecule has 4 nitrogen and oxygen atoms in total. The van der Waals surface area contributed by atoms with Crippen molar-refractivity contribution in [2.75, 3.05) is 12.4 Å². The molecular weight excluding hydrogens is 639 g/mol. The zero-order chi connectivity index (χ0) is 35.1. The van der Waals surface area contributed by atoms with Gasteiger partial charge in [0.05, 0.1) is 18.1 Å². The third-order valence-electron chi connectivity index (χ3n) is 11.1. The molecule has 0 bridgehead atoms. The zero-order valence-corrected chi connectivity index (χ0v) is 35.7. The molecule has 1 aromatic carbocycles. The Bertz CT molecular complexity index is 1050. The summed E-state index contributed by atoms with van der Waals surface area (Å²) < 4.78 is 15.4. The smallest absolute Gasteiger partial charge is 0.233 e. The first-order chi connectivity index (χ1) is 21.3. The van der Waals surface area contributed by atoms with Crippen LogP contribution in [0.1, 0.15) is 116 Å². The van der Waals surface area contributed by atoms with Crippen LogP contribution >= 0.6 is 24.0 Å². The monoisotopic (exact) mass is 707 g/mol. The molecule has 2 rings (SSSR count). The Morgan fingerprint density at radius 2 is 1.28 bits per heavy atom. The molecule has 1 aliphatic rings. The molecule has 8 heteroatoms. The number of nitrogens with zero attached hydrogens (tertiary/aromatic N) is 1. The van der Waals surface area contributed by atoms with E-state index in [1.54, 1.807) is 11.8 Å². The Labute approximate surface area is 296 Å². The van der Waals surface area contributed by atoms with Crippen LogP contribution in [0.4, 0.5) is 0 Å². The highest BCUT2D eigenvalue weighted by atomic mass is 32.2. The number of benzene rings is 1. The molecule has 1 aromatic rings. The van der Waals surface area contributed by atoms with E-state index in [0.717, 1.165) is 25.2 Å². The molecule has 1 heterocycles. The summed E-state index contributed by atoms with van der Waals surface area (Å²) in [5.41, 5.74) is 4.25. The maximum Gasteiger partial charge on any atom is 0.233 e. The van der Waals surface area contributed by atoms with Gasteiger partial charge in [-0.3, -0.25) is 9.69 Å². The van der Waals surface area contributed by atoms with Crippen LogP contribution in [0.15, 0.2) is 30.3 Å². The molecule has 0 unspecified atom stereocenters. The van der Waals surface area contributed by atoms with Crippen LogP contribution in [-0.2, 0) is 20.1 Å². The molecule has 0 radical (unpaired) electrons. The van der Waals surface area contributed by atoms with Crippen LogP contribution in [0.3, 0.4) is 0 Å². The summed E-state index contributed by atoms with van der Waals surface area (Å²) in [5.74, 6) is 1.25. The predicted octanol–water partition coefficient (Wildman–Crippen LogP) is 11.5. The topological polar surface area (TPSA) is 38.8 Å². The van der Waals surface area contributed by atoms with E-state index in [1.165, 1.54) is 5.56 Å². The first kappa shape index (κ1) is 41.7. The lowest BCUT2D eigenvalue weighted by atomic mass is 9.86. The van der Waals surface area contributed by atoms with Crippen molar-refractivity contribution in [3.63, 3.8) is 0 Å². The van der Waals surface area contributed by atoms with Gasteiger partial charge in [-0.2, -0.15) is 0 Å². The second-order valence-electron chi connectivity index (χ2n) is 16.3. The lowest BCUT2D eigenvalue weighted by Gasteiger charge is -2.47. The minimum Gasteiger partial charge on any atom is -0.416 e. The highest BCUT2D eigenvalue weighted by Gasteiger charge is 2.50. The van der Waals surface area contributed by atoms with Crippen molar-refractivity contribution in [2.45, 2.75) is 162 Å². The van der Waals surface area contributed by atoms with E-state index in [2.05, 4.69) is 128 Å². The molecule has 0 spiro atoms. The fourth-order valence-corrected chi connectivity index (χ4v) is 21.8. The lowest BCUT2D eigenvalue weighted by Crippen LogP contribution is -2.55. The van der Waals surface area contributed by atoms with Crippen molar-refractivity contribution < 1.29 is 13.6 Å². The van der Waals surface area contributed by atoms with Crippen molar-refractivity contribution in [1.82, 2.24) is 4.90 Å². The fourth-order valence-electron chi connectivity index (χ4n) is 9.11. The van der Waals surface area contributed by atoms with E-state index in [-0.39, 0.29) is 29.9 Å². The van der Waals surface area contributed by atoms with E-state index in [1.807, 2.05) is 11.0 Å². The van der Waals surface area contributed by atoms with Gasteiger partial charge in [0.1, 0.15) is 4.32 Å². The molecule has 1 fully saturated rings. The number of amides is 1. The van der Waals surface area contributed by atoms with Crippen LogP contribution in [0.25, 0.3) is 0 Å². The lowest BCUT2D eigenvalue weighted by molar-refractivity contribution is -0.136. The van der Waals surface area contributed by atoms with Crippen LogP contribution < -0.4 is 0 Å². The Kier molecular flexibility index (Phi) is 16.2. The predicted molar refractivity (Wildman–Crippen MR) is 211 cm³/mol. The number of thioether (sulfide) groups is 1. The molecule has 1 amide bonds. The van der Waals surface area contributed by atoms with Gasteiger partial charge in [0.25, 0.3) is 0 Å². The van der Waals surface area contributed by atoms with Crippen molar-refractivity contribution in [3.05, 3.63) is 35.9 Å². The highest BCUT2D eigenvalue weighted by Crippen LogP contribution is 2.46. The second kappa shape index (κ2) is 17.9. The second-order valence-corrected chi connectivity index (χ2v) is 28.8. The van der Waals surface area contributed by atoms with Crippen molar-refractivity contribution >= 4 is 50.8 Å². The van der Waals surface area contributed by atoms with E-state index in [4.69, 9.17) is 21.1 Å². The van der Waals surface area contributed by atoms with Gasteiger partial charge in [0.15, 0.2) is 8.32 Å². The molecule has 0 aromatic heterocycles. The van der Waals surface area contributed by atoms with Gasteiger partial charge in [-0.1, -0.05) is 158 Å². The number of thiocarbonyl (C=S) groups is 1. The SMILES string of the molecule is CC(C)[Si](OC[C@H](C)C[C@H](C)[C@H](O[Si](C(C)C)(C(C)C)C(C)C)[C@@H](C)C(=O)N1C(=S)SC[C@H]1Cc1ccccc1)(C(C)C)C(C)C. The van der Waals surface area contributed by atoms with Gasteiger partial charge >= 0.3 is 0 Å². The van der Waals surface area contributed by atoms with Gasteiger partial charge in [-0.05, 0) is 63.5 Å². The largest absolute Gasteiger partial charge is 0.416 e. The van der Waals surface area contributed by atoms with Crippen molar-refractivity contribution in [2.24, 2.45) is 17.8 Å². The molecule has 1 saturated heterocycles. The molecular formula is C38H69NO3S2Si2. The van der Waals surface area contributed by atoms with Gasteiger partial charge < -0.3 is 8.85 Å². The molecule has 5 atom stereocenters. The van der Waals surface area contributed by atoms with E-state index >= 15 is 0 Å². The van der Waals surface area contributed by atoms with Crippen molar-refractivity contribution in [1.29, 1.82) is 0 Å². The summed E-state index contributed by atoms with van der Waals surface area (Å²) in [5, 5.41) is 0. The number of hydrogen-bond acceptors (Lipinski definition) is 5. The Morgan fingerprint density at radius 1 is 0.804 bits per heavy atom. The zero-order valence-electron chi connectivity index (χ0n) is 32.1. The Balaban J connectivity index is 2.43. The standard InChI is InChI=1S/C38H69NO3S2Si2/c1-25(2)45(26(3)4,27(5)6)41-23-31(13)21-32(14)36(42-46(28(7)8,29(9)10)30(11)12)33(15)37(40)39-35(24-44-38(39)43)22-34-19-17-16-18-20-34/h16-20,25-33,35-36H,21-24H2,1-15H3/t31-,32+,33-,35-,36+/m1/s1. The minimum absolute atomic E-state index is 0.0709. The van der Waals surface area contributed by atoms with E-state index in [9.17, 15) is 4.79 Å². The molecule has 0 N–H and O–H groups in total. The molecule has 0 aliphatic carbocycles. The molecule has 46 heavy (non-hydrogen) atoms. The number of hydrogen-bond donors (Lipinski definition) is 0. The molecule has 264 valence electrons. The molecule has 1 aliphatic heterocycles. The van der Waals surface area contributed by atoms with Gasteiger partial charge in [-0.15, -0.1) is 0 Å². The average Bonchev–Trinajstić information content (AvgIpc) is 3.31. The van der Waals surface area contributed by atoms with Gasteiger partial charge in [-0.25, -0.2) is 0 Å². The first-order valence-electron chi connectivity index (χ1n) is 18.2. The Hall–Kier alpha value is -0.516. The minimum atomic E-state index is -2.27. The third-order valence-corrected chi connectivity index (χ3v) is 24.8. The molecule has 0 saturated carbocycles. The first-order valence-corrected chi connectivity index (χ1v) is 23.9. The summed E-state index contributed by atoms with van der Waals surface area (Å²) in [7, 11) is -4.23. The van der Waals surface area contributed by atoms with Crippen LogP contribution in [0.5, 0.6) is 0 Å². The average molecular weight is 708 g/mol. The number of carbonyl (C=O) groups excluding carboxylic acids is 1. The summed E-state index contributed by atoms with van der Waals surface area (Å²) in [6.45, 7) is 35.7. The van der Waals surface area contributed by atoms with Crippen LogP contribution in [-0.4, -0.2) is 56.3 Å².